The first-order valence-corrected chi connectivity index (χ1v) is 11.2. The van der Waals surface area contributed by atoms with E-state index in [1.165, 1.54) is 19.2 Å². The Morgan fingerprint density at radius 2 is 1.43 bits per heavy atom. The lowest BCUT2D eigenvalue weighted by Crippen LogP contribution is -2.41. The summed E-state index contributed by atoms with van der Waals surface area (Å²) in [6.07, 6.45) is 0. The van der Waals surface area contributed by atoms with Crippen molar-refractivity contribution in [3.8, 4) is 0 Å². The largest absolute Gasteiger partial charge is 0.304 e. The average molecular weight is 487 g/mol. The molecule has 0 radical (unpaired) electrons. The molecule has 1 N–H and O–H groups in total. The third kappa shape index (κ3) is 5.21. The monoisotopic (exact) mass is 486 g/mol. The molecule has 0 unspecified atom stereocenters. The lowest BCUT2D eigenvalue weighted by Gasteiger charge is -2.18. The van der Waals surface area contributed by atoms with Crippen molar-refractivity contribution in [2.75, 3.05) is 7.05 Å². The number of nitrogens with one attached hydrogen (secondary N) is 1. The van der Waals surface area contributed by atoms with Gasteiger partial charge in [0.2, 0.25) is 0 Å². The van der Waals surface area contributed by atoms with Gasteiger partial charge in [0.1, 0.15) is 0 Å². The standard InChI is InChI=1S/C22H19BrN2O4S/c1-25(15-16-7-3-2-4-8-16)30(28,29)24-22(27)20-10-6-5-9-19(20)21(26)17-11-13-18(23)14-12-17/h2-14H,15H2,1H3,(H,24,27). The topological polar surface area (TPSA) is 83.6 Å². The van der Waals surface area contributed by atoms with Crippen molar-refractivity contribution < 1.29 is 18.0 Å². The third-order valence-corrected chi connectivity index (χ3v) is 6.32. The van der Waals surface area contributed by atoms with Gasteiger partial charge in [-0.2, -0.15) is 12.7 Å². The summed E-state index contributed by atoms with van der Waals surface area (Å²) in [5, 5.41) is 0. The average Bonchev–Trinajstić information content (AvgIpc) is 2.74. The summed E-state index contributed by atoms with van der Waals surface area (Å²) in [5.74, 6) is -1.24. The Morgan fingerprint density at radius 3 is 2.07 bits per heavy atom. The highest BCUT2D eigenvalue weighted by Crippen LogP contribution is 2.18. The Labute approximate surface area is 183 Å². The third-order valence-electron chi connectivity index (χ3n) is 4.40. The van der Waals surface area contributed by atoms with Gasteiger partial charge in [-0.1, -0.05) is 64.5 Å². The second-order valence-electron chi connectivity index (χ2n) is 6.56. The Bertz CT molecular complexity index is 1160. The molecule has 0 aromatic heterocycles. The van der Waals surface area contributed by atoms with E-state index in [4.69, 9.17) is 0 Å². The van der Waals surface area contributed by atoms with E-state index in [9.17, 15) is 18.0 Å². The summed E-state index contributed by atoms with van der Waals surface area (Å²) in [6, 6.07) is 21.9. The van der Waals surface area contributed by atoms with Crippen LogP contribution in [0.1, 0.15) is 31.8 Å². The van der Waals surface area contributed by atoms with Crippen molar-refractivity contribution in [2.45, 2.75) is 6.54 Å². The number of carbonyl (C=O) groups excluding carboxylic acids is 2. The van der Waals surface area contributed by atoms with Crippen molar-refractivity contribution in [3.63, 3.8) is 0 Å². The van der Waals surface area contributed by atoms with E-state index in [-0.39, 0.29) is 23.5 Å². The fourth-order valence-corrected chi connectivity index (χ4v) is 3.89. The van der Waals surface area contributed by atoms with Crippen molar-refractivity contribution in [1.29, 1.82) is 0 Å². The van der Waals surface area contributed by atoms with Gasteiger partial charge in [-0.15, -0.1) is 0 Å². The molecule has 3 aromatic rings. The van der Waals surface area contributed by atoms with E-state index in [0.29, 0.717) is 5.56 Å². The normalized spacial score (nSPS) is 11.3. The lowest BCUT2D eigenvalue weighted by molar-refractivity contribution is 0.0964. The molecule has 0 aliphatic rings. The highest BCUT2D eigenvalue weighted by molar-refractivity contribution is 9.10. The summed E-state index contributed by atoms with van der Waals surface area (Å²) in [5.41, 5.74) is 1.28. The van der Waals surface area contributed by atoms with Crippen molar-refractivity contribution >= 4 is 37.8 Å². The maximum absolute atomic E-state index is 12.9. The van der Waals surface area contributed by atoms with Crippen LogP contribution in [0.5, 0.6) is 0 Å². The van der Waals surface area contributed by atoms with Gasteiger partial charge in [0.05, 0.1) is 5.56 Å². The van der Waals surface area contributed by atoms with E-state index in [1.54, 1.807) is 60.7 Å². The van der Waals surface area contributed by atoms with E-state index in [0.717, 1.165) is 14.3 Å². The van der Waals surface area contributed by atoms with E-state index in [1.807, 2.05) is 10.8 Å². The molecule has 0 saturated heterocycles. The van der Waals surface area contributed by atoms with Gasteiger partial charge in [-0.05, 0) is 35.9 Å². The molecule has 30 heavy (non-hydrogen) atoms. The molecule has 8 heteroatoms. The minimum Gasteiger partial charge on any atom is -0.289 e. The van der Waals surface area contributed by atoms with E-state index in [2.05, 4.69) is 15.9 Å². The van der Waals surface area contributed by atoms with Crippen molar-refractivity contribution in [1.82, 2.24) is 9.03 Å². The number of nitrogens with zero attached hydrogens (tertiary/aromatic N) is 1. The predicted molar refractivity (Wildman–Crippen MR) is 118 cm³/mol. The summed E-state index contributed by atoms with van der Waals surface area (Å²) >= 11 is 3.31. The highest BCUT2D eigenvalue weighted by atomic mass is 79.9. The van der Waals surface area contributed by atoms with Gasteiger partial charge < -0.3 is 0 Å². The summed E-state index contributed by atoms with van der Waals surface area (Å²) in [4.78, 5) is 25.6. The van der Waals surface area contributed by atoms with Gasteiger partial charge >= 0.3 is 10.2 Å². The first-order valence-electron chi connectivity index (χ1n) is 8.99. The molecule has 0 fully saturated rings. The summed E-state index contributed by atoms with van der Waals surface area (Å²) < 4.78 is 29.1. The highest BCUT2D eigenvalue weighted by Gasteiger charge is 2.24. The lowest BCUT2D eigenvalue weighted by atomic mass is 9.98. The van der Waals surface area contributed by atoms with Crippen LogP contribution in [0.3, 0.4) is 0 Å². The maximum Gasteiger partial charge on any atom is 0.304 e. The van der Waals surface area contributed by atoms with Gasteiger partial charge in [0, 0.05) is 29.2 Å². The van der Waals surface area contributed by atoms with E-state index >= 15 is 0 Å². The molecule has 0 aliphatic carbocycles. The Kier molecular flexibility index (Phi) is 6.81. The number of rotatable bonds is 7. The molecule has 0 heterocycles. The molecule has 3 aromatic carbocycles. The Balaban J connectivity index is 1.81. The maximum atomic E-state index is 12.9. The molecule has 1 amide bonds. The molecule has 0 bridgehead atoms. The molecule has 0 atom stereocenters. The van der Waals surface area contributed by atoms with Crippen LogP contribution in [0.15, 0.2) is 83.3 Å². The van der Waals surface area contributed by atoms with Crippen molar-refractivity contribution in [3.05, 3.63) is 106 Å². The van der Waals surface area contributed by atoms with Crippen LogP contribution in [-0.4, -0.2) is 31.5 Å². The van der Waals surface area contributed by atoms with Crippen LogP contribution in [-0.2, 0) is 16.8 Å². The van der Waals surface area contributed by atoms with Crippen LogP contribution >= 0.6 is 15.9 Å². The minimum atomic E-state index is -4.10. The zero-order chi connectivity index (χ0) is 21.7. The van der Waals surface area contributed by atoms with Crippen LogP contribution in [0.4, 0.5) is 0 Å². The first kappa shape index (κ1) is 21.9. The number of halogens is 1. The summed E-state index contributed by atoms with van der Waals surface area (Å²) in [6.45, 7) is 0.100. The molecule has 3 rings (SSSR count). The zero-order valence-electron chi connectivity index (χ0n) is 16.1. The Hall–Kier alpha value is -2.81. The Morgan fingerprint density at radius 1 is 0.867 bits per heavy atom. The number of carbonyl (C=O) groups is 2. The predicted octanol–water partition coefficient (Wildman–Crippen LogP) is 3.79. The fourth-order valence-electron chi connectivity index (χ4n) is 2.81. The molecular weight excluding hydrogens is 468 g/mol. The second-order valence-corrected chi connectivity index (χ2v) is 9.25. The van der Waals surface area contributed by atoms with Gasteiger partial charge in [0.15, 0.2) is 5.78 Å². The van der Waals surface area contributed by atoms with Crippen LogP contribution in [0, 0.1) is 0 Å². The first-order chi connectivity index (χ1) is 14.3. The van der Waals surface area contributed by atoms with E-state index < -0.39 is 16.1 Å². The fraction of sp³-hybridized carbons (Fsp3) is 0.0909. The molecule has 154 valence electrons. The smallest absolute Gasteiger partial charge is 0.289 e. The number of benzene rings is 3. The quantitative estimate of drug-likeness (QED) is 0.515. The van der Waals surface area contributed by atoms with Crippen LogP contribution < -0.4 is 4.72 Å². The zero-order valence-corrected chi connectivity index (χ0v) is 18.5. The number of ketones is 1. The summed E-state index contributed by atoms with van der Waals surface area (Å²) in [7, 11) is -2.73. The van der Waals surface area contributed by atoms with Crippen molar-refractivity contribution in [2.24, 2.45) is 0 Å². The molecule has 6 nitrogen and oxygen atoms in total. The van der Waals surface area contributed by atoms with Crippen LogP contribution in [0.2, 0.25) is 0 Å². The van der Waals surface area contributed by atoms with Gasteiger partial charge in [-0.3, -0.25) is 9.59 Å². The molecule has 0 aliphatic heterocycles. The number of hydrogen-bond donors (Lipinski definition) is 1. The van der Waals surface area contributed by atoms with Gasteiger partial charge in [0.25, 0.3) is 5.91 Å². The SMILES string of the molecule is CN(Cc1ccccc1)S(=O)(=O)NC(=O)c1ccccc1C(=O)c1ccc(Br)cc1. The number of hydrogen-bond acceptors (Lipinski definition) is 4. The minimum absolute atomic E-state index is 0.0119. The van der Waals surface area contributed by atoms with Gasteiger partial charge in [-0.25, -0.2) is 4.72 Å². The van der Waals surface area contributed by atoms with Crippen LogP contribution in [0.25, 0.3) is 0 Å². The number of amides is 1. The second kappa shape index (κ2) is 9.34. The molecule has 0 spiro atoms. The molecular formula is C22H19BrN2O4S. The molecule has 0 saturated carbocycles.